The van der Waals surface area contributed by atoms with Gasteiger partial charge < -0.3 is 10.6 Å². The number of hydrogen-bond donors (Lipinski definition) is 1. The Labute approximate surface area is 137 Å². The number of hydrogen-bond acceptors (Lipinski definition) is 2. The van der Waals surface area contributed by atoms with E-state index in [-0.39, 0.29) is 0 Å². The van der Waals surface area contributed by atoms with Crippen LogP contribution in [0.2, 0.25) is 5.02 Å². The monoisotopic (exact) mass is 314 g/mol. The highest BCUT2D eigenvalue weighted by Gasteiger charge is 2.16. The molecule has 1 heterocycles. The maximum Gasteiger partial charge on any atom is 0.0406 e. The summed E-state index contributed by atoms with van der Waals surface area (Å²) in [7, 11) is 3.71. The van der Waals surface area contributed by atoms with E-state index < -0.39 is 0 Å². The highest BCUT2D eigenvalue weighted by Crippen LogP contribution is 2.21. The minimum atomic E-state index is 0.835. The van der Waals surface area contributed by atoms with E-state index in [1.807, 2.05) is 39.8 Å². The Bertz CT molecular complexity index is 303. The highest BCUT2D eigenvalue weighted by atomic mass is 35.5. The van der Waals surface area contributed by atoms with E-state index in [1.165, 1.54) is 45.0 Å². The van der Waals surface area contributed by atoms with Crippen molar-refractivity contribution in [1.82, 2.24) is 4.90 Å². The molecule has 3 heteroatoms. The first-order chi connectivity index (χ1) is 10.2. The summed E-state index contributed by atoms with van der Waals surface area (Å²) in [5.41, 5.74) is 5.92. The highest BCUT2D eigenvalue weighted by molar-refractivity contribution is 6.30. The largest absolute Gasteiger partial charge is 0.333 e. The van der Waals surface area contributed by atoms with Crippen LogP contribution in [0.15, 0.2) is 24.3 Å². The van der Waals surface area contributed by atoms with E-state index in [4.69, 9.17) is 11.6 Å². The van der Waals surface area contributed by atoms with E-state index >= 15 is 0 Å². The van der Waals surface area contributed by atoms with Crippen molar-refractivity contribution in [3.8, 4) is 0 Å². The second-order valence-electron chi connectivity index (χ2n) is 4.58. The molecule has 2 N–H and O–H groups in total. The molecule has 21 heavy (non-hydrogen) atoms. The van der Waals surface area contributed by atoms with Crippen molar-refractivity contribution in [2.75, 3.05) is 27.2 Å². The molecule has 0 atom stereocenters. The zero-order valence-electron chi connectivity index (χ0n) is 14.8. The Morgan fingerprint density at radius 2 is 1.43 bits per heavy atom. The molecule has 2 nitrogen and oxygen atoms in total. The van der Waals surface area contributed by atoms with Gasteiger partial charge in [0.1, 0.15) is 0 Å². The lowest BCUT2D eigenvalue weighted by atomic mass is 9.90. The third-order valence-electron chi connectivity index (χ3n) is 3.28. The fourth-order valence-corrected chi connectivity index (χ4v) is 2.35. The molecule has 0 unspecified atom stereocenters. The van der Waals surface area contributed by atoms with Crippen molar-refractivity contribution >= 4 is 11.6 Å². The Kier molecular flexibility index (Phi) is 17.1. The lowest BCUT2D eigenvalue weighted by molar-refractivity contribution is 0.219. The summed E-state index contributed by atoms with van der Waals surface area (Å²) in [6, 6.07) is 8.29. The van der Waals surface area contributed by atoms with Gasteiger partial charge in [0.05, 0.1) is 0 Å². The standard InChI is InChI=1S/C13H18ClN.2C2H6.CH5N/c1-15-8-6-12(7-9-15)10-11-2-4-13(14)5-3-11;3*1-2/h2-5,12H,6-10H2,1H3;2*1-2H3;2H2,1H3. The number of nitrogens with zero attached hydrogens (tertiary/aromatic N) is 1. The van der Waals surface area contributed by atoms with Crippen LogP contribution in [-0.4, -0.2) is 32.1 Å². The van der Waals surface area contributed by atoms with E-state index in [2.05, 4.69) is 29.8 Å². The van der Waals surface area contributed by atoms with Gasteiger partial charge >= 0.3 is 0 Å². The molecule has 0 saturated carbocycles. The van der Waals surface area contributed by atoms with Crippen LogP contribution in [0.1, 0.15) is 46.1 Å². The Hall–Kier alpha value is -0.570. The van der Waals surface area contributed by atoms with Gasteiger partial charge in [-0.15, -0.1) is 0 Å². The van der Waals surface area contributed by atoms with E-state index in [9.17, 15) is 0 Å². The summed E-state index contributed by atoms with van der Waals surface area (Å²) in [6.07, 6.45) is 3.88. The van der Waals surface area contributed by atoms with Crippen LogP contribution in [0.4, 0.5) is 0 Å². The Morgan fingerprint density at radius 3 is 1.86 bits per heavy atom. The summed E-state index contributed by atoms with van der Waals surface area (Å²) in [4.78, 5) is 2.42. The molecular formula is C18H35ClN2. The summed E-state index contributed by atoms with van der Waals surface area (Å²) in [5.74, 6) is 0.863. The number of benzene rings is 1. The molecule has 2 rings (SSSR count). The maximum absolute atomic E-state index is 5.87. The molecule has 124 valence electrons. The predicted octanol–water partition coefficient (Wildman–Crippen LogP) is 4.85. The summed E-state index contributed by atoms with van der Waals surface area (Å²) in [6.45, 7) is 10.5. The molecule has 0 bridgehead atoms. The molecule has 1 aromatic rings. The first-order valence-electron chi connectivity index (χ1n) is 8.25. The number of nitrogens with two attached hydrogens (primary N) is 1. The van der Waals surface area contributed by atoms with E-state index in [0.717, 1.165) is 10.9 Å². The molecule has 0 spiro atoms. The number of likely N-dealkylation sites (tertiary alicyclic amines) is 1. The first kappa shape index (κ1) is 22.7. The molecular weight excluding hydrogens is 280 g/mol. The summed E-state index contributed by atoms with van der Waals surface area (Å²) < 4.78 is 0. The van der Waals surface area contributed by atoms with Crippen molar-refractivity contribution < 1.29 is 0 Å². The van der Waals surface area contributed by atoms with Gasteiger partial charge in [-0.05, 0) is 70.1 Å². The van der Waals surface area contributed by atoms with Gasteiger partial charge in [-0.25, -0.2) is 0 Å². The number of rotatable bonds is 2. The van der Waals surface area contributed by atoms with Crippen LogP contribution < -0.4 is 5.73 Å². The lowest BCUT2D eigenvalue weighted by Gasteiger charge is -2.28. The van der Waals surface area contributed by atoms with Crippen molar-refractivity contribution in [1.29, 1.82) is 0 Å². The van der Waals surface area contributed by atoms with Gasteiger partial charge in [-0.1, -0.05) is 51.4 Å². The average Bonchev–Trinajstić information content (AvgIpc) is 2.57. The molecule has 0 aromatic heterocycles. The number of halogens is 1. The van der Waals surface area contributed by atoms with Crippen LogP contribution in [0.5, 0.6) is 0 Å². The molecule has 1 aliphatic rings. The minimum Gasteiger partial charge on any atom is -0.333 e. The quantitative estimate of drug-likeness (QED) is 0.845. The Morgan fingerprint density at radius 1 is 1.00 bits per heavy atom. The average molecular weight is 315 g/mol. The normalized spacial score (nSPS) is 14.7. The van der Waals surface area contributed by atoms with Gasteiger partial charge in [-0.3, -0.25) is 0 Å². The van der Waals surface area contributed by atoms with E-state index in [0.29, 0.717) is 0 Å². The zero-order chi connectivity index (χ0) is 16.7. The van der Waals surface area contributed by atoms with Crippen LogP contribution in [0, 0.1) is 5.92 Å². The molecule has 0 aliphatic carbocycles. The Balaban J connectivity index is 0. The molecule has 0 amide bonds. The molecule has 1 saturated heterocycles. The van der Waals surface area contributed by atoms with Crippen LogP contribution in [0.25, 0.3) is 0 Å². The van der Waals surface area contributed by atoms with Crippen molar-refractivity contribution in [3.63, 3.8) is 0 Å². The van der Waals surface area contributed by atoms with Gasteiger partial charge in [-0.2, -0.15) is 0 Å². The zero-order valence-corrected chi connectivity index (χ0v) is 15.6. The number of piperidine rings is 1. The predicted molar refractivity (Wildman–Crippen MR) is 98.2 cm³/mol. The molecule has 0 radical (unpaired) electrons. The SMILES string of the molecule is CC.CC.CN.CN1CCC(Cc2ccc(Cl)cc2)CC1. The summed E-state index contributed by atoms with van der Waals surface area (Å²) in [5, 5.41) is 0.835. The maximum atomic E-state index is 5.87. The van der Waals surface area contributed by atoms with Crippen LogP contribution in [-0.2, 0) is 6.42 Å². The molecule has 1 aliphatic heterocycles. The molecule has 1 fully saturated rings. The second kappa shape index (κ2) is 15.8. The minimum absolute atomic E-state index is 0.835. The first-order valence-corrected chi connectivity index (χ1v) is 8.62. The van der Waals surface area contributed by atoms with Crippen molar-refractivity contribution in [2.24, 2.45) is 11.7 Å². The van der Waals surface area contributed by atoms with Gasteiger partial charge in [0.15, 0.2) is 0 Å². The lowest BCUT2D eigenvalue weighted by Crippen LogP contribution is -2.30. The third kappa shape index (κ3) is 10.8. The van der Waals surface area contributed by atoms with Gasteiger partial charge in [0.25, 0.3) is 0 Å². The van der Waals surface area contributed by atoms with Crippen molar-refractivity contribution in [2.45, 2.75) is 47.0 Å². The smallest absolute Gasteiger partial charge is 0.0406 e. The topological polar surface area (TPSA) is 29.3 Å². The van der Waals surface area contributed by atoms with Crippen molar-refractivity contribution in [3.05, 3.63) is 34.9 Å². The van der Waals surface area contributed by atoms with Crippen LogP contribution in [0.3, 0.4) is 0 Å². The fraction of sp³-hybridized carbons (Fsp3) is 0.667. The van der Waals surface area contributed by atoms with Gasteiger partial charge in [0.2, 0.25) is 0 Å². The summed E-state index contributed by atoms with van der Waals surface area (Å²) >= 11 is 5.87. The second-order valence-corrected chi connectivity index (χ2v) is 5.01. The fourth-order valence-electron chi connectivity index (χ4n) is 2.22. The van der Waals surface area contributed by atoms with Gasteiger partial charge in [0, 0.05) is 5.02 Å². The molecule has 1 aromatic carbocycles. The third-order valence-corrected chi connectivity index (χ3v) is 3.53. The van der Waals surface area contributed by atoms with Crippen LogP contribution >= 0.6 is 11.6 Å². The van der Waals surface area contributed by atoms with E-state index in [1.54, 1.807) is 0 Å².